The summed E-state index contributed by atoms with van der Waals surface area (Å²) in [6.45, 7) is 0. The van der Waals surface area contributed by atoms with E-state index in [0.717, 1.165) is 11.4 Å². The zero-order valence-electron chi connectivity index (χ0n) is 34.6. The second-order valence-corrected chi connectivity index (χ2v) is 19.1. The zero-order valence-corrected chi connectivity index (χ0v) is 36.3. The van der Waals surface area contributed by atoms with E-state index in [1.165, 1.54) is 113 Å². The quantitative estimate of drug-likeness (QED) is 0.153. The Balaban J connectivity index is 0.987. The van der Waals surface area contributed by atoms with E-state index in [9.17, 15) is 0 Å². The van der Waals surface area contributed by atoms with Crippen molar-refractivity contribution in [3.05, 3.63) is 224 Å². The topological polar surface area (TPSA) is 14.8 Å². The summed E-state index contributed by atoms with van der Waals surface area (Å²) in [6.07, 6.45) is 0. The molecule has 64 heavy (non-hydrogen) atoms. The van der Waals surface area contributed by atoms with Crippen molar-refractivity contribution in [2.45, 2.75) is 0 Å². The second-order valence-electron chi connectivity index (χ2n) is 16.8. The standard InChI is InChI=1S/C60H37N3Se/c1-2-16-38(17-3-1)41-18-4-5-19-42(41)47-24-14-30-57-59(47)60-56(29-15-31-58(60)64-57)63-53-28-13-9-23-46(53)49-37-40(33-35-55(49)63)62-52-27-12-8-22-45(52)48-36-39(32-34-54(48)62)61-50-25-10-6-20-43(50)44-21-7-11-26-51(44)61/h1-37H. The molecule has 4 heteroatoms. The predicted molar refractivity (Wildman–Crippen MR) is 272 cm³/mol. The number of nitrogens with zero attached hydrogens (tertiary/aromatic N) is 3. The van der Waals surface area contributed by atoms with E-state index in [1.807, 2.05) is 0 Å². The number of para-hydroxylation sites is 4. The molecule has 14 aromatic rings. The Bertz CT molecular complexity index is 4140. The molecule has 0 atom stereocenters. The number of aromatic nitrogens is 3. The van der Waals surface area contributed by atoms with Crippen molar-refractivity contribution in [1.29, 1.82) is 0 Å². The van der Waals surface area contributed by atoms with Crippen LogP contribution >= 0.6 is 0 Å². The summed E-state index contributed by atoms with van der Waals surface area (Å²) < 4.78 is 10.3. The first kappa shape index (κ1) is 35.7. The van der Waals surface area contributed by atoms with E-state index < -0.39 is 0 Å². The minimum atomic E-state index is 0.183. The van der Waals surface area contributed by atoms with Gasteiger partial charge in [0.05, 0.1) is 11.0 Å². The molecular formula is C60H37N3Se. The summed E-state index contributed by atoms with van der Waals surface area (Å²) in [6, 6.07) is 83.1. The molecule has 0 saturated heterocycles. The second kappa shape index (κ2) is 13.8. The van der Waals surface area contributed by atoms with Gasteiger partial charge in [-0.15, -0.1) is 0 Å². The summed E-state index contributed by atoms with van der Waals surface area (Å²) >= 11 is 0.183. The Morgan fingerprint density at radius 1 is 0.266 bits per heavy atom. The van der Waals surface area contributed by atoms with Crippen molar-refractivity contribution in [1.82, 2.24) is 13.7 Å². The molecule has 0 radical (unpaired) electrons. The van der Waals surface area contributed by atoms with Crippen LogP contribution in [0.4, 0.5) is 0 Å². The van der Waals surface area contributed by atoms with Crippen LogP contribution in [0.25, 0.3) is 124 Å². The first-order valence-corrected chi connectivity index (χ1v) is 23.6. The monoisotopic (exact) mass is 879 g/mol. The van der Waals surface area contributed by atoms with Crippen molar-refractivity contribution in [3.63, 3.8) is 0 Å². The van der Waals surface area contributed by atoms with Gasteiger partial charge in [-0.25, -0.2) is 0 Å². The first-order valence-electron chi connectivity index (χ1n) is 21.9. The molecule has 0 unspecified atom stereocenters. The van der Waals surface area contributed by atoms with Gasteiger partial charge in [0, 0.05) is 16.5 Å². The number of rotatable bonds is 5. The van der Waals surface area contributed by atoms with Gasteiger partial charge in [0.15, 0.2) is 0 Å². The number of benzene rings is 10. The third-order valence-electron chi connectivity index (χ3n) is 13.5. The molecule has 0 aliphatic carbocycles. The fourth-order valence-corrected chi connectivity index (χ4v) is 13.2. The van der Waals surface area contributed by atoms with Crippen LogP contribution < -0.4 is 0 Å². The van der Waals surface area contributed by atoms with E-state index in [-0.39, 0.29) is 14.5 Å². The summed E-state index contributed by atoms with van der Waals surface area (Å²) in [7, 11) is 0. The van der Waals surface area contributed by atoms with Crippen LogP contribution in [0.1, 0.15) is 0 Å². The molecule has 0 spiro atoms. The molecule has 0 aliphatic heterocycles. The molecule has 3 nitrogen and oxygen atoms in total. The third-order valence-corrected chi connectivity index (χ3v) is 15.8. The van der Waals surface area contributed by atoms with Gasteiger partial charge in [0.25, 0.3) is 0 Å². The Labute approximate surface area is 374 Å². The van der Waals surface area contributed by atoms with Gasteiger partial charge in [-0.2, -0.15) is 0 Å². The van der Waals surface area contributed by atoms with E-state index in [4.69, 9.17) is 0 Å². The van der Waals surface area contributed by atoms with Crippen LogP contribution in [0, 0.1) is 0 Å². The summed E-state index contributed by atoms with van der Waals surface area (Å²) in [5.41, 5.74) is 15.8. The summed E-state index contributed by atoms with van der Waals surface area (Å²) in [5.74, 6) is 0. The minimum absolute atomic E-state index is 0.183. The zero-order chi connectivity index (χ0) is 41.9. The Kier molecular flexibility index (Phi) is 7.70. The van der Waals surface area contributed by atoms with Crippen LogP contribution in [0.5, 0.6) is 0 Å². The molecule has 4 heterocycles. The van der Waals surface area contributed by atoms with Gasteiger partial charge in [-0.1, -0.05) is 42.5 Å². The Morgan fingerprint density at radius 3 is 1.28 bits per heavy atom. The molecule has 0 amide bonds. The number of hydrogen-bond donors (Lipinski definition) is 0. The van der Waals surface area contributed by atoms with E-state index in [2.05, 4.69) is 238 Å². The molecule has 0 saturated carbocycles. The van der Waals surface area contributed by atoms with E-state index in [0.29, 0.717) is 0 Å². The van der Waals surface area contributed by atoms with Crippen LogP contribution in [0.15, 0.2) is 224 Å². The van der Waals surface area contributed by atoms with Crippen molar-refractivity contribution >= 4 is 99.2 Å². The van der Waals surface area contributed by atoms with Gasteiger partial charge in [-0.3, -0.25) is 0 Å². The molecule has 14 rings (SSSR count). The molecule has 0 fully saturated rings. The van der Waals surface area contributed by atoms with Crippen LogP contribution in [0.2, 0.25) is 0 Å². The van der Waals surface area contributed by atoms with Crippen molar-refractivity contribution in [2.24, 2.45) is 0 Å². The van der Waals surface area contributed by atoms with Gasteiger partial charge in [-0.05, 0) is 12.1 Å². The molecule has 4 aromatic heterocycles. The average molecular weight is 879 g/mol. The van der Waals surface area contributed by atoms with Crippen LogP contribution in [0.3, 0.4) is 0 Å². The summed E-state index contributed by atoms with van der Waals surface area (Å²) in [5, 5.41) is 10.2. The molecule has 0 bridgehead atoms. The third kappa shape index (κ3) is 5.10. The van der Waals surface area contributed by atoms with Crippen molar-refractivity contribution in [2.75, 3.05) is 0 Å². The molecule has 0 aliphatic rings. The van der Waals surface area contributed by atoms with Crippen LogP contribution in [-0.4, -0.2) is 28.2 Å². The molecule has 0 N–H and O–H groups in total. The predicted octanol–water partition coefficient (Wildman–Crippen LogP) is 15.7. The Morgan fingerprint density at radius 2 is 0.688 bits per heavy atom. The maximum atomic E-state index is 2.53. The number of hydrogen-bond acceptors (Lipinski definition) is 0. The first-order chi connectivity index (χ1) is 31.8. The van der Waals surface area contributed by atoms with Gasteiger partial charge >= 0.3 is 290 Å². The van der Waals surface area contributed by atoms with E-state index in [1.54, 1.807) is 0 Å². The average Bonchev–Trinajstić information content (AvgIpc) is 4.10. The van der Waals surface area contributed by atoms with Gasteiger partial charge in [0.1, 0.15) is 0 Å². The SMILES string of the molecule is c1ccc(-c2ccccc2-c2cccc3[se]c4cccc(-n5c6ccccc6c6cc(-n7c8ccccc8c8cc(-n9c%10ccccc%10c%10ccccc%109)ccc87)ccc65)c4c23)cc1. The summed E-state index contributed by atoms with van der Waals surface area (Å²) in [4.78, 5) is 0. The van der Waals surface area contributed by atoms with Gasteiger partial charge < -0.3 is 4.57 Å². The van der Waals surface area contributed by atoms with Crippen molar-refractivity contribution in [3.8, 4) is 39.3 Å². The van der Waals surface area contributed by atoms with Crippen molar-refractivity contribution < 1.29 is 0 Å². The van der Waals surface area contributed by atoms with E-state index >= 15 is 0 Å². The normalized spacial score (nSPS) is 12.1. The number of fused-ring (bicyclic) bond motifs is 12. The van der Waals surface area contributed by atoms with Gasteiger partial charge in [0.2, 0.25) is 0 Å². The molecule has 10 aromatic carbocycles. The van der Waals surface area contributed by atoms with Crippen LogP contribution in [-0.2, 0) is 0 Å². The molecular weight excluding hydrogens is 842 g/mol. The Hall–Kier alpha value is -7.88. The fraction of sp³-hybridized carbons (Fsp3) is 0. The maximum absolute atomic E-state index is 2.53. The fourth-order valence-electron chi connectivity index (χ4n) is 10.8. The molecule has 298 valence electrons.